The Kier molecular flexibility index (Phi) is 5.82. The van der Waals surface area contributed by atoms with Gasteiger partial charge in [0.05, 0.1) is 13.3 Å². The predicted molar refractivity (Wildman–Crippen MR) is 74.5 cm³/mol. The van der Waals surface area contributed by atoms with Crippen LogP contribution in [0.2, 0.25) is 5.02 Å². The molecule has 7 heteroatoms. The van der Waals surface area contributed by atoms with Crippen molar-refractivity contribution < 1.29 is 9.53 Å². The maximum absolute atomic E-state index is 11.8. The SMILES string of the molecule is COc1ncc(Cl)c(NC(C)C(=O)NCC(C)C)n1. The second-order valence-corrected chi connectivity index (χ2v) is 4.97. The van der Waals surface area contributed by atoms with Crippen LogP contribution in [0.1, 0.15) is 20.8 Å². The molecule has 1 aromatic rings. The molecule has 0 radical (unpaired) electrons. The maximum Gasteiger partial charge on any atom is 0.318 e. The Morgan fingerprint density at radius 1 is 1.47 bits per heavy atom. The molecule has 19 heavy (non-hydrogen) atoms. The monoisotopic (exact) mass is 286 g/mol. The van der Waals surface area contributed by atoms with E-state index in [0.29, 0.717) is 23.3 Å². The van der Waals surface area contributed by atoms with Gasteiger partial charge in [0.15, 0.2) is 5.82 Å². The van der Waals surface area contributed by atoms with Crippen molar-refractivity contribution in [1.29, 1.82) is 0 Å². The summed E-state index contributed by atoms with van der Waals surface area (Å²) in [6.45, 7) is 6.43. The van der Waals surface area contributed by atoms with Crippen LogP contribution in [0.4, 0.5) is 5.82 Å². The van der Waals surface area contributed by atoms with E-state index in [9.17, 15) is 4.79 Å². The van der Waals surface area contributed by atoms with E-state index in [2.05, 4.69) is 20.6 Å². The van der Waals surface area contributed by atoms with Crippen LogP contribution in [0.15, 0.2) is 6.20 Å². The second-order valence-electron chi connectivity index (χ2n) is 4.56. The number of halogens is 1. The van der Waals surface area contributed by atoms with Crippen LogP contribution in [0.5, 0.6) is 6.01 Å². The fourth-order valence-electron chi connectivity index (χ4n) is 1.28. The Labute approximate surface area is 117 Å². The van der Waals surface area contributed by atoms with E-state index >= 15 is 0 Å². The first-order valence-electron chi connectivity index (χ1n) is 6.04. The number of carbonyl (C=O) groups is 1. The summed E-state index contributed by atoms with van der Waals surface area (Å²) < 4.78 is 4.91. The molecule has 6 nitrogen and oxygen atoms in total. The van der Waals surface area contributed by atoms with Crippen LogP contribution in [0, 0.1) is 5.92 Å². The Morgan fingerprint density at radius 3 is 2.74 bits per heavy atom. The number of nitrogens with zero attached hydrogens (tertiary/aromatic N) is 2. The Bertz CT molecular complexity index is 440. The van der Waals surface area contributed by atoms with Gasteiger partial charge in [-0.05, 0) is 12.8 Å². The van der Waals surface area contributed by atoms with E-state index in [4.69, 9.17) is 16.3 Å². The van der Waals surface area contributed by atoms with Crippen molar-refractivity contribution in [1.82, 2.24) is 15.3 Å². The largest absolute Gasteiger partial charge is 0.467 e. The molecule has 106 valence electrons. The molecule has 0 aliphatic rings. The molecule has 0 spiro atoms. The number of carbonyl (C=O) groups excluding carboxylic acids is 1. The molecule has 1 atom stereocenters. The molecule has 0 bridgehead atoms. The minimum atomic E-state index is -0.448. The lowest BCUT2D eigenvalue weighted by molar-refractivity contribution is -0.121. The summed E-state index contributed by atoms with van der Waals surface area (Å²) in [4.78, 5) is 19.7. The molecular weight excluding hydrogens is 268 g/mol. The average Bonchev–Trinajstić information content (AvgIpc) is 2.38. The first-order valence-corrected chi connectivity index (χ1v) is 6.42. The van der Waals surface area contributed by atoms with Gasteiger partial charge < -0.3 is 15.4 Å². The highest BCUT2D eigenvalue weighted by molar-refractivity contribution is 6.32. The van der Waals surface area contributed by atoms with Crippen LogP contribution < -0.4 is 15.4 Å². The molecule has 0 aromatic carbocycles. The standard InChI is InChI=1S/C12H19ClN4O2/c1-7(2)5-14-11(18)8(3)16-10-9(13)6-15-12(17-10)19-4/h6-8H,5H2,1-4H3,(H,14,18)(H,15,16,17). The molecule has 0 aliphatic heterocycles. The van der Waals surface area contributed by atoms with Crippen molar-refractivity contribution in [2.24, 2.45) is 5.92 Å². The van der Waals surface area contributed by atoms with Crippen molar-refractivity contribution in [2.45, 2.75) is 26.8 Å². The molecule has 0 fully saturated rings. The summed E-state index contributed by atoms with van der Waals surface area (Å²) in [5, 5.41) is 6.10. The highest BCUT2D eigenvalue weighted by Gasteiger charge is 2.15. The summed E-state index contributed by atoms with van der Waals surface area (Å²) in [7, 11) is 1.46. The van der Waals surface area contributed by atoms with E-state index < -0.39 is 6.04 Å². The Balaban J connectivity index is 2.65. The van der Waals surface area contributed by atoms with Crippen LogP contribution in [-0.2, 0) is 4.79 Å². The average molecular weight is 287 g/mol. The van der Waals surface area contributed by atoms with Gasteiger partial charge in [-0.15, -0.1) is 0 Å². The lowest BCUT2D eigenvalue weighted by Crippen LogP contribution is -2.39. The molecule has 1 unspecified atom stereocenters. The molecule has 0 saturated carbocycles. The summed E-state index contributed by atoms with van der Waals surface area (Å²) in [6.07, 6.45) is 1.43. The van der Waals surface area contributed by atoms with Crippen molar-refractivity contribution in [2.75, 3.05) is 19.0 Å². The second kappa shape index (κ2) is 7.13. The zero-order valence-corrected chi connectivity index (χ0v) is 12.3. The lowest BCUT2D eigenvalue weighted by Gasteiger charge is -2.16. The summed E-state index contributed by atoms with van der Waals surface area (Å²) in [5.74, 6) is 0.668. The topological polar surface area (TPSA) is 76.1 Å². The summed E-state index contributed by atoms with van der Waals surface area (Å²) in [5.41, 5.74) is 0. The number of hydrogen-bond acceptors (Lipinski definition) is 5. The zero-order chi connectivity index (χ0) is 14.4. The Morgan fingerprint density at radius 2 is 2.16 bits per heavy atom. The smallest absolute Gasteiger partial charge is 0.318 e. The van der Waals surface area contributed by atoms with Crippen LogP contribution in [-0.4, -0.2) is 35.6 Å². The van der Waals surface area contributed by atoms with Gasteiger partial charge in [-0.3, -0.25) is 4.79 Å². The minimum absolute atomic E-state index is 0.109. The van der Waals surface area contributed by atoms with E-state index in [1.165, 1.54) is 13.3 Å². The highest BCUT2D eigenvalue weighted by Crippen LogP contribution is 2.20. The highest BCUT2D eigenvalue weighted by atomic mass is 35.5. The van der Waals surface area contributed by atoms with E-state index in [-0.39, 0.29) is 11.9 Å². The van der Waals surface area contributed by atoms with Crippen molar-refractivity contribution in [3.8, 4) is 6.01 Å². The fraction of sp³-hybridized carbons (Fsp3) is 0.583. The third-order valence-electron chi connectivity index (χ3n) is 2.34. The van der Waals surface area contributed by atoms with E-state index in [0.717, 1.165) is 0 Å². The van der Waals surface area contributed by atoms with Gasteiger partial charge in [-0.2, -0.15) is 4.98 Å². The predicted octanol–water partition coefficient (Wildman–Crippen LogP) is 1.71. The number of amides is 1. The van der Waals surface area contributed by atoms with Crippen molar-refractivity contribution in [3.63, 3.8) is 0 Å². The van der Waals surface area contributed by atoms with Gasteiger partial charge in [-0.1, -0.05) is 25.4 Å². The number of hydrogen-bond donors (Lipinski definition) is 2. The quantitative estimate of drug-likeness (QED) is 0.832. The number of methoxy groups -OCH3 is 1. The number of ether oxygens (including phenoxy) is 1. The Hall–Kier alpha value is -1.56. The minimum Gasteiger partial charge on any atom is -0.467 e. The summed E-state index contributed by atoms with van der Waals surface area (Å²) in [6, 6.07) is -0.252. The van der Waals surface area contributed by atoms with Gasteiger partial charge in [-0.25, -0.2) is 4.98 Å². The molecule has 1 heterocycles. The van der Waals surface area contributed by atoms with Crippen LogP contribution in [0.25, 0.3) is 0 Å². The maximum atomic E-state index is 11.8. The van der Waals surface area contributed by atoms with Crippen molar-refractivity contribution in [3.05, 3.63) is 11.2 Å². The van der Waals surface area contributed by atoms with Gasteiger partial charge >= 0.3 is 6.01 Å². The zero-order valence-electron chi connectivity index (χ0n) is 11.5. The van der Waals surface area contributed by atoms with Gasteiger partial charge in [0.25, 0.3) is 0 Å². The lowest BCUT2D eigenvalue weighted by atomic mass is 10.2. The molecule has 0 aliphatic carbocycles. The first-order chi connectivity index (χ1) is 8.93. The van der Waals surface area contributed by atoms with Gasteiger partial charge in [0.2, 0.25) is 5.91 Å². The first kappa shape index (κ1) is 15.5. The number of rotatable bonds is 6. The molecule has 1 aromatic heterocycles. The van der Waals surface area contributed by atoms with Gasteiger partial charge in [0, 0.05) is 6.54 Å². The third kappa shape index (κ3) is 4.90. The molecule has 1 rings (SSSR count). The number of nitrogens with one attached hydrogen (secondary N) is 2. The number of anilines is 1. The van der Waals surface area contributed by atoms with Crippen LogP contribution in [0.3, 0.4) is 0 Å². The number of aromatic nitrogens is 2. The normalized spacial score (nSPS) is 12.1. The molecular formula is C12H19ClN4O2. The van der Waals surface area contributed by atoms with Gasteiger partial charge in [0.1, 0.15) is 11.1 Å². The molecule has 0 saturated heterocycles. The molecule has 1 amide bonds. The summed E-state index contributed by atoms with van der Waals surface area (Å²) >= 11 is 5.95. The van der Waals surface area contributed by atoms with E-state index in [1.54, 1.807) is 6.92 Å². The van der Waals surface area contributed by atoms with Crippen LogP contribution >= 0.6 is 11.6 Å². The van der Waals surface area contributed by atoms with E-state index in [1.807, 2.05) is 13.8 Å². The third-order valence-corrected chi connectivity index (χ3v) is 2.61. The molecule has 2 N–H and O–H groups in total. The fourth-order valence-corrected chi connectivity index (χ4v) is 1.42. The van der Waals surface area contributed by atoms with Crippen molar-refractivity contribution >= 4 is 23.3 Å².